The van der Waals surface area contributed by atoms with E-state index in [0.717, 1.165) is 37.3 Å². The third-order valence-electron chi connectivity index (χ3n) is 4.21. The van der Waals surface area contributed by atoms with Crippen molar-refractivity contribution in [3.63, 3.8) is 0 Å². The molecular formula is C15H16Cl2FN3. The van der Waals surface area contributed by atoms with Gasteiger partial charge in [0.25, 0.3) is 0 Å². The SMILES string of the molecule is CC1(c2cncn2-c2cc(Cl)c(F)c(Cl)c2)CCNCC1. The predicted octanol–water partition coefficient (Wildman–Crippen LogP) is 3.96. The fourth-order valence-corrected chi connectivity index (χ4v) is 3.34. The highest BCUT2D eigenvalue weighted by Crippen LogP contribution is 2.35. The molecule has 2 heterocycles. The van der Waals surface area contributed by atoms with E-state index in [1.807, 2.05) is 10.8 Å². The topological polar surface area (TPSA) is 29.9 Å². The van der Waals surface area contributed by atoms with Crippen LogP contribution in [0, 0.1) is 5.82 Å². The number of halogens is 3. The second kappa shape index (κ2) is 5.59. The normalized spacial score (nSPS) is 17.9. The van der Waals surface area contributed by atoms with Crippen LogP contribution in [0.3, 0.4) is 0 Å². The quantitative estimate of drug-likeness (QED) is 0.846. The van der Waals surface area contributed by atoms with E-state index in [-0.39, 0.29) is 15.5 Å². The van der Waals surface area contributed by atoms with Gasteiger partial charge >= 0.3 is 0 Å². The molecule has 112 valence electrons. The van der Waals surface area contributed by atoms with Gasteiger partial charge in [0.15, 0.2) is 5.82 Å². The standard InChI is InChI=1S/C15H16Cl2FN3/c1-15(2-4-19-5-3-15)13-8-20-9-21(13)10-6-11(16)14(18)12(17)7-10/h6-9,19H,2-5H2,1H3. The largest absolute Gasteiger partial charge is 0.317 e. The van der Waals surface area contributed by atoms with Crippen molar-refractivity contribution < 1.29 is 4.39 Å². The van der Waals surface area contributed by atoms with Crippen molar-refractivity contribution in [1.29, 1.82) is 0 Å². The molecule has 1 aliphatic heterocycles. The Hall–Kier alpha value is -1.10. The summed E-state index contributed by atoms with van der Waals surface area (Å²) in [7, 11) is 0. The fraction of sp³-hybridized carbons (Fsp3) is 0.400. The van der Waals surface area contributed by atoms with Crippen LogP contribution in [0.15, 0.2) is 24.7 Å². The van der Waals surface area contributed by atoms with Crippen molar-refractivity contribution >= 4 is 23.2 Å². The Bertz CT molecular complexity index is 640. The van der Waals surface area contributed by atoms with Gasteiger partial charge in [0, 0.05) is 23.0 Å². The number of nitrogens with one attached hydrogen (secondary N) is 1. The molecule has 1 aliphatic rings. The van der Waals surface area contributed by atoms with Gasteiger partial charge in [-0.15, -0.1) is 0 Å². The molecule has 21 heavy (non-hydrogen) atoms. The highest BCUT2D eigenvalue weighted by atomic mass is 35.5. The second-order valence-electron chi connectivity index (χ2n) is 5.68. The van der Waals surface area contributed by atoms with Gasteiger partial charge in [-0.3, -0.25) is 0 Å². The average molecular weight is 328 g/mol. The summed E-state index contributed by atoms with van der Waals surface area (Å²) in [6.07, 6.45) is 5.65. The van der Waals surface area contributed by atoms with Crippen LogP contribution < -0.4 is 5.32 Å². The first kappa shape index (κ1) is 14.8. The molecule has 1 saturated heterocycles. The number of piperidine rings is 1. The first-order valence-corrected chi connectivity index (χ1v) is 7.65. The molecule has 6 heteroatoms. The highest BCUT2D eigenvalue weighted by Gasteiger charge is 2.32. The van der Waals surface area contributed by atoms with Crippen LogP contribution in [-0.4, -0.2) is 22.6 Å². The van der Waals surface area contributed by atoms with E-state index >= 15 is 0 Å². The van der Waals surface area contributed by atoms with Crippen molar-refractivity contribution in [3.8, 4) is 5.69 Å². The van der Waals surface area contributed by atoms with Gasteiger partial charge in [-0.2, -0.15) is 0 Å². The molecule has 0 atom stereocenters. The number of nitrogens with zero attached hydrogens (tertiary/aromatic N) is 2. The molecule has 0 bridgehead atoms. The summed E-state index contributed by atoms with van der Waals surface area (Å²) in [5, 5.41) is 3.41. The number of aromatic nitrogens is 2. The average Bonchev–Trinajstić information content (AvgIpc) is 2.95. The number of hydrogen-bond donors (Lipinski definition) is 1. The van der Waals surface area contributed by atoms with Crippen LogP contribution in [0.2, 0.25) is 10.0 Å². The number of imidazole rings is 1. The van der Waals surface area contributed by atoms with Crippen LogP contribution >= 0.6 is 23.2 Å². The summed E-state index contributed by atoms with van der Waals surface area (Å²) in [6, 6.07) is 3.16. The van der Waals surface area contributed by atoms with E-state index in [2.05, 4.69) is 17.2 Å². The lowest BCUT2D eigenvalue weighted by Crippen LogP contribution is -2.38. The van der Waals surface area contributed by atoms with E-state index < -0.39 is 5.82 Å². The molecule has 0 amide bonds. The van der Waals surface area contributed by atoms with Crippen LogP contribution in [0.1, 0.15) is 25.5 Å². The van der Waals surface area contributed by atoms with Gasteiger partial charge in [-0.05, 0) is 38.1 Å². The van der Waals surface area contributed by atoms with E-state index in [9.17, 15) is 4.39 Å². The minimum Gasteiger partial charge on any atom is -0.317 e. The minimum atomic E-state index is -0.586. The fourth-order valence-electron chi connectivity index (χ4n) is 2.86. The first-order chi connectivity index (χ1) is 10.0. The Morgan fingerprint density at radius 1 is 1.24 bits per heavy atom. The zero-order valence-corrected chi connectivity index (χ0v) is 13.2. The number of rotatable bonds is 2. The van der Waals surface area contributed by atoms with E-state index in [4.69, 9.17) is 23.2 Å². The van der Waals surface area contributed by atoms with Gasteiger partial charge in [0.2, 0.25) is 0 Å². The summed E-state index contributed by atoms with van der Waals surface area (Å²) < 4.78 is 15.5. The molecular weight excluding hydrogens is 312 g/mol. The molecule has 3 rings (SSSR count). The molecule has 2 aromatic rings. The number of hydrogen-bond acceptors (Lipinski definition) is 2. The molecule has 0 saturated carbocycles. The highest BCUT2D eigenvalue weighted by molar-refractivity contribution is 6.35. The van der Waals surface area contributed by atoms with Crippen molar-refractivity contribution in [2.24, 2.45) is 0 Å². The summed E-state index contributed by atoms with van der Waals surface area (Å²) >= 11 is 11.8. The van der Waals surface area contributed by atoms with E-state index in [0.29, 0.717) is 0 Å². The van der Waals surface area contributed by atoms with Crippen molar-refractivity contribution in [3.05, 3.63) is 46.2 Å². The molecule has 1 N–H and O–H groups in total. The van der Waals surface area contributed by atoms with Crippen LogP contribution in [0.4, 0.5) is 4.39 Å². The summed E-state index contributed by atoms with van der Waals surface area (Å²) in [5.74, 6) is -0.586. The van der Waals surface area contributed by atoms with E-state index in [1.165, 1.54) is 0 Å². The monoisotopic (exact) mass is 327 g/mol. The van der Waals surface area contributed by atoms with Gasteiger partial charge in [0.1, 0.15) is 0 Å². The Labute approximate surface area is 133 Å². The molecule has 1 aromatic heterocycles. The molecule has 0 spiro atoms. The summed E-state index contributed by atoms with van der Waals surface area (Å²) in [6.45, 7) is 4.19. The molecule has 0 radical (unpaired) electrons. The van der Waals surface area contributed by atoms with Crippen molar-refractivity contribution in [2.45, 2.75) is 25.2 Å². The maximum absolute atomic E-state index is 13.6. The predicted molar refractivity (Wildman–Crippen MR) is 83.0 cm³/mol. The van der Waals surface area contributed by atoms with Gasteiger partial charge in [-0.25, -0.2) is 9.37 Å². The first-order valence-electron chi connectivity index (χ1n) is 6.90. The smallest absolute Gasteiger partial charge is 0.160 e. The Morgan fingerprint density at radius 3 is 2.48 bits per heavy atom. The van der Waals surface area contributed by atoms with E-state index in [1.54, 1.807) is 18.5 Å². The molecule has 1 fully saturated rings. The lowest BCUT2D eigenvalue weighted by Gasteiger charge is -2.34. The molecule has 0 unspecified atom stereocenters. The molecule has 1 aromatic carbocycles. The molecule has 0 aliphatic carbocycles. The van der Waals surface area contributed by atoms with Gasteiger partial charge in [-0.1, -0.05) is 30.1 Å². The van der Waals surface area contributed by atoms with Crippen LogP contribution in [-0.2, 0) is 5.41 Å². The van der Waals surface area contributed by atoms with Gasteiger partial charge < -0.3 is 9.88 Å². The van der Waals surface area contributed by atoms with Crippen LogP contribution in [0.5, 0.6) is 0 Å². The Morgan fingerprint density at radius 2 is 1.86 bits per heavy atom. The van der Waals surface area contributed by atoms with Crippen molar-refractivity contribution in [1.82, 2.24) is 14.9 Å². The van der Waals surface area contributed by atoms with Crippen LogP contribution in [0.25, 0.3) is 5.69 Å². The lowest BCUT2D eigenvalue weighted by atomic mass is 9.78. The summed E-state index contributed by atoms with van der Waals surface area (Å²) in [4.78, 5) is 4.26. The lowest BCUT2D eigenvalue weighted by molar-refractivity contribution is 0.324. The Kier molecular flexibility index (Phi) is 3.95. The zero-order chi connectivity index (χ0) is 15.0. The summed E-state index contributed by atoms with van der Waals surface area (Å²) in [5.41, 5.74) is 1.87. The maximum Gasteiger partial charge on any atom is 0.160 e. The number of benzene rings is 1. The molecule has 3 nitrogen and oxygen atoms in total. The third-order valence-corrected chi connectivity index (χ3v) is 4.76. The minimum absolute atomic E-state index is 0.0209. The maximum atomic E-state index is 13.6. The second-order valence-corrected chi connectivity index (χ2v) is 6.50. The third kappa shape index (κ3) is 2.68. The van der Waals surface area contributed by atoms with Gasteiger partial charge in [0.05, 0.1) is 16.4 Å². The zero-order valence-electron chi connectivity index (χ0n) is 11.7. The van der Waals surface area contributed by atoms with Crippen molar-refractivity contribution in [2.75, 3.05) is 13.1 Å². The Balaban J connectivity index is 2.07.